The van der Waals surface area contributed by atoms with E-state index in [0.717, 1.165) is 49.0 Å². The molecule has 0 aromatic heterocycles. The number of hydrogen-bond acceptors (Lipinski definition) is 7. The molecule has 2 aromatic carbocycles. The van der Waals surface area contributed by atoms with Crippen molar-refractivity contribution in [2.45, 2.75) is 83.1 Å². The molecule has 2 unspecified atom stereocenters. The highest BCUT2D eigenvalue weighted by Gasteiger charge is 2.37. The highest BCUT2D eigenvalue weighted by Crippen LogP contribution is 2.28. The van der Waals surface area contributed by atoms with E-state index in [1.165, 1.54) is 0 Å². The fraction of sp³-hybridized carbons (Fsp3) is 0.571. The quantitative estimate of drug-likeness (QED) is 0.443. The molecule has 4 aliphatic heterocycles. The average molecular weight is 634 g/mol. The first-order chi connectivity index (χ1) is 22.2. The highest BCUT2D eigenvalue weighted by atomic mass is 16.6. The second-order valence-corrected chi connectivity index (χ2v) is 13.4. The molecule has 2 atom stereocenters. The van der Waals surface area contributed by atoms with Crippen molar-refractivity contribution in [2.24, 2.45) is 0 Å². The largest absolute Gasteiger partial charge is 0.507 e. The fourth-order valence-electron chi connectivity index (χ4n) is 7.61. The van der Waals surface area contributed by atoms with Gasteiger partial charge in [0.05, 0.1) is 6.10 Å². The van der Waals surface area contributed by atoms with Crippen molar-refractivity contribution in [3.63, 3.8) is 0 Å². The molecule has 4 amide bonds. The van der Waals surface area contributed by atoms with Gasteiger partial charge >= 0.3 is 12.1 Å². The molecule has 3 N–H and O–H groups in total. The molecule has 4 aliphatic rings. The third-order valence-corrected chi connectivity index (χ3v) is 10.3. The molecule has 0 spiro atoms. The minimum absolute atomic E-state index is 0.0109. The van der Waals surface area contributed by atoms with Gasteiger partial charge in [0.2, 0.25) is 0 Å². The van der Waals surface area contributed by atoms with E-state index >= 15 is 0 Å². The number of carbonyl (C=O) groups excluding carboxylic acids is 3. The second-order valence-electron chi connectivity index (χ2n) is 13.4. The number of urea groups is 1. The number of benzene rings is 2. The molecule has 0 saturated carbocycles. The molecule has 3 saturated heterocycles. The monoisotopic (exact) mass is 633 g/mol. The Morgan fingerprint density at radius 3 is 2.24 bits per heavy atom. The number of aryl methyl sites for hydroxylation is 2. The summed E-state index contributed by atoms with van der Waals surface area (Å²) in [5.41, 5.74) is 4.22. The number of phenolic OH excluding ortho intramolecular Hbond substituents is 1. The number of aromatic hydroxyl groups is 1. The highest BCUT2D eigenvalue weighted by molar-refractivity contribution is 5.91. The summed E-state index contributed by atoms with van der Waals surface area (Å²) >= 11 is 0. The first kappa shape index (κ1) is 32.1. The molecule has 248 valence electrons. The molecule has 11 heteroatoms. The SMILES string of the molecule is Cc1cc(CC(OC(=O)N2CCC(N3CCc4ccccc4NC3=O)CC2)C(=O)N2CCC(N3CCC(O)C3)CC2)cc(C)c1O. The fourth-order valence-corrected chi connectivity index (χ4v) is 7.61. The number of aliphatic hydroxyl groups excluding tert-OH is 1. The van der Waals surface area contributed by atoms with Gasteiger partial charge in [0.15, 0.2) is 6.10 Å². The molecule has 0 radical (unpaired) electrons. The third kappa shape index (κ3) is 7.10. The molecule has 46 heavy (non-hydrogen) atoms. The molecule has 6 rings (SSSR count). The zero-order valence-electron chi connectivity index (χ0n) is 27.0. The minimum Gasteiger partial charge on any atom is -0.507 e. The Morgan fingerprint density at radius 1 is 0.913 bits per heavy atom. The number of nitrogens with one attached hydrogen (secondary N) is 1. The lowest BCUT2D eigenvalue weighted by Crippen LogP contribution is -2.52. The van der Waals surface area contributed by atoms with Crippen LogP contribution in [0.2, 0.25) is 0 Å². The number of ether oxygens (including phenoxy) is 1. The smallest absolute Gasteiger partial charge is 0.410 e. The first-order valence-corrected chi connectivity index (χ1v) is 16.8. The molecular formula is C35H47N5O6. The van der Waals surface area contributed by atoms with E-state index < -0.39 is 12.2 Å². The number of aliphatic hydroxyl groups is 1. The normalized spacial score (nSPS) is 22.3. The molecular weight excluding hydrogens is 586 g/mol. The number of carbonyl (C=O) groups is 3. The van der Waals surface area contributed by atoms with Crippen LogP contribution < -0.4 is 5.32 Å². The second kappa shape index (κ2) is 13.9. The summed E-state index contributed by atoms with van der Waals surface area (Å²) in [6.45, 7) is 7.85. The van der Waals surface area contributed by atoms with Crippen molar-refractivity contribution < 1.29 is 29.3 Å². The van der Waals surface area contributed by atoms with E-state index in [4.69, 9.17) is 4.74 Å². The lowest BCUT2D eigenvalue weighted by atomic mass is 9.99. The maximum Gasteiger partial charge on any atom is 0.410 e. The molecule has 3 fully saturated rings. The zero-order valence-corrected chi connectivity index (χ0v) is 27.0. The standard InChI is InChI=1S/C35H47N5O6/c1-23-19-25(20-24(2)32(23)42)21-31(33(43)37-13-8-27(9-14-37)39-17-12-29(41)22-39)46-35(45)38-15-10-28(11-16-38)40-18-7-26-5-3-4-6-30(26)36-34(40)44/h3-6,19-20,27-29,31,41-42H,7-18,21-22H2,1-2H3,(H,36,44). The van der Waals surface area contributed by atoms with Crippen LogP contribution in [-0.2, 0) is 22.4 Å². The first-order valence-electron chi connectivity index (χ1n) is 16.8. The van der Waals surface area contributed by atoms with Crippen LogP contribution in [0.15, 0.2) is 36.4 Å². The predicted molar refractivity (Wildman–Crippen MR) is 174 cm³/mol. The number of phenols is 1. The van der Waals surface area contributed by atoms with Gasteiger partial charge in [-0.15, -0.1) is 0 Å². The van der Waals surface area contributed by atoms with Gasteiger partial charge in [-0.3, -0.25) is 9.69 Å². The van der Waals surface area contributed by atoms with Crippen LogP contribution in [0.1, 0.15) is 54.4 Å². The average Bonchev–Trinajstić information content (AvgIpc) is 3.42. The van der Waals surface area contributed by atoms with Gasteiger partial charge in [0.25, 0.3) is 5.91 Å². The van der Waals surface area contributed by atoms with Crippen molar-refractivity contribution in [2.75, 3.05) is 51.1 Å². The van der Waals surface area contributed by atoms with E-state index in [-0.39, 0.29) is 36.3 Å². The molecule has 4 heterocycles. The number of rotatable bonds is 6. The topological polar surface area (TPSA) is 126 Å². The van der Waals surface area contributed by atoms with Gasteiger partial charge in [-0.05, 0) is 80.7 Å². The zero-order chi connectivity index (χ0) is 32.4. The van der Waals surface area contributed by atoms with Crippen LogP contribution in [-0.4, -0.2) is 118 Å². The van der Waals surface area contributed by atoms with Crippen molar-refractivity contribution in [1.82, 2.24) is 19.6 Å². The van der Waals surface area contributed by atoms with Crippen LogP contribution in [0.3, 0.4) is 0 Å². The summed E-state index contributed by atoms with van der Waals surface area (Å²) in [5, 5.41) is 23.3. The van der Waals surface area contributed by atoms with Crippen LogP contribution >= 0.6 is 0 Å². The van der Waals surface area contributed by atoms with Crippen LogP contribution in [0.5, 0.6) is 5.75 Å². The minimum atomic E-state index is -0.992. The maximum atomic E-state index is 13.9. The number of para-hydroxylation sites is 1. The summed E-state index contributed by atoms with van der Waals surface area (Å²) in [5.74, 6) is 0.0230. The molecule has 11 nitrogen and oxygen atoms in total. The molecule has 2 aromatic rings. The number of fused-ring (bicyclic) bond motifs is 1. The van der Waals surface area contributed by atoms with Gasteiger partial charge in [-0.25, -0.2) is 9.59 Å². The summed E-state index contributed by atoms with van der Waals surface area (Å²) in [7, 11) is 0. The number of nitrogens with zero attached hydrogens (tertiary/aromatic N) is 4. The summed E-state index contributed by atoms with van der Waals surface area (Å²) in [6, 6.07) is 11.8. The van der Waals surface area contributed by atoms with E-state index in [1.807, 2.05) is 60.0 Å². The van der Waals surface area contributed by atoms with Crippen molar-refractivity contribution in [3.8, 4) is 5.75 Å². The summed E-state index contributed by atoms with van der Waals surface area (Å²) in [4.78, 5) is 48.2. The van der Waals surface area contributed by atoms with E-state index in [2.05, 4.69) is 10.2 Å². The van der Waals surface area contributed by atoms with Crippen molar-refractivity contribution in [1.29, 1.82) is 0 Å². The summed E-state index contributed by atoms with van der Waals surface area (Å²) in [6.07, 6.45) is 2.90. The Bertz CT molecular complexity index is 1410. The van der Waals surface area contributed by atoms with E-state index in [1.54, 1.807) is 4.90 Å². The number of piperidine rings is 2. The Hall–Kier alpha value is -3.83. The van der Waals surface area contributed by atoms with Gasteiger partial charge in [0.1, 0.15) is 5.75 Å². The van der Waals surface area contributed by atoms with Gasteiger partial charge in [0, 0.05) is 70.0 Å². The Kier molecular flexibility index (Phi) is 9.70. The van der Waals surface area contributed by atoms with Crippen molar-refractivity contribution >= 4 is 23.7 Å². The number of hydrogen-bond donors (Lipinski definition) is 3. The molecule has 0 bridgehead atoms. The van der Waals surface area contributed by atoms with Crippen molar-refractivity contribution in [3.05, 3.63) is 58.7 Å². The van der Waals surface area contributed by atoms with Crippen LogP contribution in [0, 0.1) is 13.8 Å². The van der Waals surface area contributed by atoms with Gasteiger partial charge in [-0.2, -0.15) is 0 Å². The van der Waals surface area contributed by atoms with E-state index in [9.17, 15) is 24.6 Å². The van der Waals surface area contributed by atoms with Gasteiger partial charge < -0.3 is 35.0 Å². The number of likely N-dealkylation sites (tertiary alicyclic amines) is 3. The van der Waals surface area contributed by atoms with E-state index in [0.29, 0.717) is 69.3 Å². The Balaban J connectivity index is 1.09. The Morgan fingerprint density at radius 2 is 1.57 bits per heavy atom. The predicted octanol–water partition coefficient (Wildman–Crippen LogP) is 3.67. The lowest BCUT2D eigenvalue weighted by molar-refractivity contribution is -0.142. The summed E-state index contributed by atoms with van der Waals surface area (Å²) < 4.78 is 6.02. The van der Waals surface area contributed by atoms with Gasteiger partial charge in [-0.1, -0.05) is 30.3 Å². The Labute approximate surface area is 271 Å². The molecule has 0 aliphatic carbocycles. The van der Waals surface area contributed by atoms with Crippen LogP contribution in [0.25, 0.3) is 0 Å². The third-order valence-electron chi connectivity index (χ3n) is 10.3. The lowest BCUT2D eigenvalue weighted by Gasteiger charge is -2.39. The number of β-amino-alcohol motifs (C(OH)–C–C–N with tert-alkyl or cyclic N) is 1. The maximum absolute atomic E-state index is 13.9. The number of anilines is 1. The number of amides is 4. The van der Waals surface area contributed by atoms with Crippen LogP contribution in [0.4, 0.5) is 15.3 Å².